The Hall–Kier alpha value is -0.240. The lowest BCUT2D eigenvalue weighted by Crippen LogP contribution is -2.56. The van der Waals surface area contributed by atoms with E-state index in [1.807, 2.05) is 27.7 Å². The van der Waals surface area contributed by atoms with Crippen LogP contribution in [0.5, 0.6) is 0 Å². The van der Waals surface area contributed by atoms with Crippen molar-refractivity contribution >= 4 is 0 Å². The van der Waals surface area contributed by atoms with Crippen molar-refractivity contribution in [2.24, 2.45) is 0 Å². The van der Waals surface area contributed by atoms with E-state index in [9.17, 15) is 5.11 Å². The molecule has 3 saturated heterocycles. The van der Waals surface area contributed by atoms with Gasteiger partial charge in [-0.25, -0.2) is 0 Å². The molecule has 6 heteroatoms. The molecule has 0 aromatic rings. The van der Waals surface area contributed by atoms with Crippen molar-refractivity contribution in [1.82, 2.24) is 0 Å². The maximum atomic E-state index is 9.40. The first kappa shape index (κ1) is 12.8. The first-order valence-electron chi connectivity index (χ1n) is 6.29. The lowest BCUT2D eigenvalue weighted by atomic mass is 9.99. The van der Waals surface area contributed by atoms with Gasteiger partial charge in [0.1, 0.15) is 24.4 Å². The van der Waals surface area contributed by atoms with Crippen LogP contribution in [-0.4, -0.2) is 54.0 Å². The number of rotatable bonds is 1. The number of aliphatic hydroxyl groups excluding tert-OH is 1. The molecule has 3 aliphatic heterocycles. The number of hydrogen-bond donors (Lipinski definition) is 1. The zero-order valence-electron chi connectivity index (χ0n) is 11.1. The summed E-state index contributed by atoms with van der Waals surface area (Å²) in [6.45, 7) is 7.22. The molecule has 3 heterocycles. The quantitative estimate of drug-likeness (QED) is 0.735. The minimum absolute atomic E-state index is 0.131. The van der Waals surface area contributed by atoms with Crippen LogP contribution in [-0.2, 0) is 23.7 Å². The predicted molar refractivity (Wildman–Crippen MR) is 59.6 cm³/mol. The average Bonchev–Trinajstić information content (AvgIpc) is 2.71. The fourth-order valence-electron chi connectivity index (χ4n) is 2.84. The fraction of sp³-hybridized carbons (Fsp3) is 1.00. The van der Waals surface area contributed by atoms with E-state index in [2.05, 4.69) is 0 Å². The third-order valence-electron chi connectivity index (χ3n) is 3.43. The third kappa shape index (κ3) is 1.97. The molecule has 0 aromatic heterocycles. The first-order chi connectivity index (χ1) is 8.31. The summed E-state index contributed by atoms with van der Waals surface area (Å²) in [5.41, 5.74) is 0. The number of fused-ring (bicyclic) bond motifs is 3. The van der Waals surface area contributed by atoms with Gasteiger partial charge in [-0.15, -0.1) is 0 Å². The molecule has 3 aliphatic rings. The Labute approximate surface area is 106 Å². The summed E-state index contributed by atoms with van der Waals surface area (Å²) in [7, 11) is 0. The van der Waals surface area contributed by atoms with Gasteiger partial charge < -0.3 is 28.8 Å². The molecule has 0 aromatic carbocycles. The number of aliphatic hydroxyl groups is 1. The average molecular weight is 260 g/mol. The SMILES string of the molecule is CC1(C)OC2[C@H](O1)C(CO)O[C@H]1OC(C)(C)O[C@@H]21. The van der Waals surface area contributed by atoms with Gasteiger partial charge in [0.2, 0.25) is 0 Å². The van der Waals surface area contributed by atoms with Crippen LogP contribution in [0.25, 0.3) is 0 Å². The normalized spacial score (nSPS) is 48.8. The molecule has 6 nitrogen and oxygen atoms in total. The van der Waals surface area contributed by atoms with E-state index in [4.69, 9.17) is 23.7 Å². The highest BCUT2D eigenvalue weighted by molar-refractivity contribution is 4.99. The topological polar surface area (TPSA) is 66.4 Å². The molecule has 0 spiro atoms. The van der Waals surface area contributed by atoms with Crippen molar-refractivity contribution in [3.05, 3.63) is 0 Å². The monoisotopic (exact) mass is 260 g/mol. The van der Waals surface area contributed by atoms with Gasteiger partial charge in [-0.3, -0.25) is 0 Å². The second-order valence-corrected chi connectivity index (χ2v) is 5.89. The van der Waals surface area contributed by atoms with E-state index in [-0.39, 0.29) is 24.9 Å². The van der Waals surface area contributed by atoms with Gasteiger partial charge >= 0.3 is 0 Å². The Balaban J connectivity index is 1.86. The van der Waals surface area contributed by atoms with Crippen molar-refractivity contribution in [2.75, 3.05) is 6.61 Å². The van der Waals surface area contributed by atoms with Crippen LogP contribution in [0.3, 0.4) is 0 Å². The molecule has 0 saturated carbocycles. The van der Waals surface area contributed by atoms with E-state index >= 15 is 0 Å². The molecule has 5 atom stereocenters. The Morgan fingerprint density at radius 1 is 0.833 bits per heavy atom. The zero-order valence-corrected chi connectivity index (χ0v) is 11.1. The Morgan fingerprint density at radius 2 is 1.39 bits per heavy atom. The molecule has 0 amide bonds. The second kappa shape index (κ2) is 3.88. The highest BCUT2D eigenvalue weighted by Gasteiger charge is 2.60. The van der Waals surface area contributed by atoms with Gasteiger partial charge in [0.25, 0.3) is 0 Å². The van der Waals surface area contributed by atoms with Gasteiger partial charge in [0, 0.05) is 0 Å². The Kier molecular flexibility index (Phi) is 2.75. The molecule has 3 rings (SSSR count). The summed E-state index contributed by atoms with van der Waals surface area (Å²) in [5, 5.41) is 9.40. The van der Waals surface area contributed by atoms with Crippen LogP contribution in [0.2, 0.25) is 0 Å². The summed E-state index contributed by atoms with van der Waals surface area (Å²) in [5.74, 6) is -1.41. The lowest BCUT2D eigenvalue weighted by molar-refractivity contribution is -0.240. The van der Waals surface area contributed by atoms with E-state index in [1.54, 1.807) is 0 Å². The van der Waals surface area contributed by atoms with Crippen molar-refractivity contribution in [3.8, 4) is 0 Å². The van der Waals surface area contributed by atoms with Gasteiger partial charge in [0.15, 0.2) is 17.9 Å². The van der Waals surface area contributed by atoms with E-state index in [1.165, 1.54) is 0 Å². The standard InChI is InChI=1S/C12H20O6/c1-11(2)15-7-6(5-13)14-10-9(8(7)16-11)17-12(3,4)18-10/h6-10,13H,5H2,1-4H3/t6?,7-,8?,9+,10+/m1/s1. The summed E-state index contributed by atoms with van der Waals surface area (Å²) in [6, 6.07) is 0. The van der Waals surface area contributed by atoms with Gasteiger partial charge in [-0.2, -0.15) is 0 Å². The number of hydrogen-bond acceptors (Lipinski definition) is 6. The maximum absolute atomic E-state index is 9.40. The summed E-state index contributed by atoms with van der Waals surface area (Å²) >= 11 is 0. The van der Waals surface area contributed by atoms with Crippen LogP contribution in [0, 0.1) is 0 Å². The predicted octanol–water partition coefficient (Wildman–Crippen LogP) is 0.375. The molecule has 3 fully saturated rings. The smallest absolute Gasteiger partial charge is 0.190 e. The summed E-state index contributed by atoms with van der Waals surface area (Å²) < 4.78 is 28.9. The Bertz CT molecular complexity index is 341. The first-order valence-corrected chi connectivity index (χ1v) is 6.29. The summed E-state index contributed by atoms with van der Waals surface area (Å²) in [4.78, 5) is 0. The maximum Gasteiger partial charge on any atom is 0.190 e. The van der Waals surface area contributed by atoms with E-state index in [0.29, 0.717) is 0 Å². The van der Waals surface area contributed by atoms with Crippen LogP contribution in [0.15, 0.2) is 0 Å². The van der Waals surface area contributed by atoms with E-state index in [0.717, 1.165) is 0 Å². The summed E-state index contributed by atoms with van der Waals surface area (Å²) in [6.07, 6.45) is -1.90. The number of ether oxygens (including phenoxy) is 5. The van der Waals surface area contributed by atoms with Crippen LogP contribution >= 0.6 is 0 Å². The highest BCUT2D eigenvalue weighted by Crippen LogP contribution is 2.43. The molecular weight excluding hydrogens is 240 g/mol. The third-order valence-corrected chi connectivity index (χ3v) is 3.43. The molecular formula is C12H20O6. The largest absolute Gasteiger partial charge is 0.394 e. The molecule has 0 radical (unpaired) electrons. The van der Waals surface area contributed by atoms with Crippen LogP contribution in [0.4, 0.5) is 0 Å². The minimum Gasteiger partial charge on any atom is -0.394 e. The zero-order chi connectivity index (χ0) is 13.1. The molecule has 0 aliphatic carbocycles. The minimum atomic E-state index is -0.708. The molecule has 104 valence electrons. The lowest BCUT2D eigenvalue weighted by Gasteiger charge is -2.36. The second-order valence-electron chi connectivity index (χ2n) is 5.89. The van der Waals surface area contributed by atoms with Crippen molar-refractivity contribution in [3.63, 3.8) is 0 Å². The Morgan fingerprint density at radius 3 is 2.06 bits per heavy atom. The molecule has 0 bridgehead atoms. The van der Waals surface area contributed by atoms with Gasteiger partial charge in [0.05, 0.1) is 6.61 Å². The molecule has 2 unspecified atom stereocenters. The van der Waals surface area contributed by atoms with Crippen molar-refractivity contribution in [1.29, 1.82) is 0 Å². The van der Waals surface area contributed by atoms with Gasteiger partial charge in [-0.1, -0.05) is 0 Å². The van der Waals surface area contributed by atoms with Gasteiger partial charge in [-0.05, 0) is 27.7 Å². The van der Waals surface area contributed by atoms with Crippen LogP contribution < -0.4 is 0 Å². The van der Waals surface area contributed by atoms with Crippen molar-refractivity contribution in [2.45, 2.75) is 70.0 Å². The van der Waals surface area contributed by atoms with Crippen molar-refractivity contribution < 1.29 is 28.8 Å². The molecule has 1 N–H and O–H groups in total. The van der Waals surface area contributed by atoms with E-state index < -0.39 is 24.0 Å². The molecule has 18 heavy (non-hydrogen) atoms. The highest BCUT2D eigenvalue weighted by atomic mass is 16.9. The van der Waals surface area contributed by atoms with Crippen LogP contribution in [0.1, 0.15) is 27.7 Å². The fourth-order valence-corrected chi connectivity index (χ4v) is 2.84.